The van der Waals surface area contributed by atoms with Crippen LogP contribution in [0.15, 0.2) is 15.8 Å². The molecule has 0 saturated carbocycles. The molecule has 0 amide bonds. The monoisotopic (exact) mass is 396 g/mol. The summed E-state index contributed by atoms with van der Waals surface area (Å²) >= 11 is 0. The van der Waals surface area contributed by atoms with Crippen LogP contribution in [0, 0.1) is 5.82 Å². The molecule has 0 fully saturated rings. The van der Waals surface area contributed by atoms with Crippen molar-refractivity contribution in [2.75, 3.05) is 0 Å². The van der Waals surface area contributed by atoms with Gasteiger partial charge in [-0.1, -0.05) is 0 Å². The molecule has 4 nitrogen and oxygen atoms in total. The number of nitrogens with zero attached hydrogens (tertiary/aromatic N) is 1. The average Bonchev–Trinajstić information content (AvgIpc) is 1.80. The van der Waals surface area contributed by atoms with Crippen molar-refractivity contribution in [2.24, 2.45) is 0 Å². The molecule has 0 spiro atoms. The smallest absolute Gasteiger partial charge is 0.206 e. The van der Waals surface area contributed by atoms with Gasteiger partial charge in [-0.2, -0.15) is 0 Å². The van der Waals surface area contributed by atoms with Crippen molar-refractivity contribution in [1.29, 1.82) is 0 Å². The first-order valence-corrected chi connectivity index (χ1v) is 2.12. The first kappa shape index (κ1) is 7.61. The number of hydrogen-bond donors (Lipinski definition) is 1. The number of rotatable bonds is 0. The summed E-state index contributed by atoms with van der Waals surface area (Å²) in [6.45, 7) is 0. The Bertz CT molecular complexity index is 318. The largest absolute Gasteiger partial charge is 0.404 e. The SMILES string of the molecule is O=c1[n-]cc(F)c(=O)[nH]1.[Rf]. The van der Waals surface area contributed by atoms with Gasteiger partial charge >= 0.3 is 0 Å². The van der Waals surface area contributed by atoms with Crippen molar-refractivity contribution in [3.05, 3.63) is 32.9 Å². The number of halogens is 1. The van der Waals surface area contributed by atoms with Crippen LogP contribution < -0.4 is 16.2 Å². The standard InChI is InChI=1S/C4H3FN2O2.Rf/c5-2-1-6-4(9)7-3(2)8;/h1H,(H2,6,7,8,9);/p-1. The van der Waals surface area contributed by atoms with Crippen LogP contribution in [-0.2, 0) is 0 Å². The van der Waals surface area contributed by atoms with Crippen LogP contribution in [0.4, 0.5) is 4.39 Å². The first-order chi connectivity index (χ1) is 4.20. The first-order valence-electron chi connectivity index (χ1n) is 2.12. The van der Waals surface area contributed by atoms with Gasteiger partial charge in [0.2, 0.25) is 5.56 Å². The fraction of sp³-hybridized carbons (Fsp3) is 0. The van der Waals surface area contributed by atoms with Crippen LogP contribution in [0.2, 0.25) is 0 Å². The van der Waals surface area contributed by atoms with E-state index in [0.29, 0.717) is 6.20 Å². The van der Waals surface area contributed by atoms with Crippen LogP contribution in [0.25, 0.3) is 0 Å². The van der Waals surface area contributed by atoms with E-state index in [1.165, 1.54) is 0 Å². The van der Waals surface area contributed by atoms with Gasteiger partial charge in [0, 0.05) is 0 Å². The quantitative estimate of drug-likeness (QED) is 0.602. The molecule has 50 valence electrons. The Morgan fingerprint density at radius 3 is 2.50 bits per heavy atom. The topological polar surface area (TPSA) is 64.0 Å². The van der Waals surface area contributed by atoms with E-state index < -0.39 is 17.1 Å². The molecule has 1 aromatic rings. The van der Waals surface area contributed by atoms with Gasteiger partial charge in [0.25, 0.3) is 0 Å². The second kappa shape index (κ2) is 2.25. The Balaban J connectivity index is 0.000000810. The number of aromatic nitrogens is 2. The Kier molecular flexibility index (Phi) is 1.71. The van der Waals surface area contributed by atoms with Crippen LogP contribution >= 0.6 is 0 Å². The maximum Gasteiger partial charge on any atom is 0.206 e. The van der Waals surface area contributed by atoms with Crippen molar-refractivity contribution in [3.8, 4) is 0 Å². The van der Waals surface area contributed by atoms with Gasteiger partial charge in [-0.05, 0) is 6.20 Å². The summed E-state index contributed by atoms with van der Waals surface area (Å²) in [6.07, 6.45) is 0.584. The molecule has 1 N–H and O–H groups in total. The van der Waals surface area contributed by atoms with Crippen LogP contribution in [0.3, 0.4) is 0 Å². The molecule has 1 rings (SSSR count). The third-order valence-electron chi connectivity index (χ3n) is 0.733. The minimum absolute atomic E-state index is 0. The van der Waals surface area contributed by atoms with E-state index in [2.05, 4.69) is 4.98 Å². The van der Waals surface area contributed by atoms with E-state index in [9.17, 15) is 14.0 Å². The summed E-state index contributed by atoms with van der Waals surface area (Å²) in [7, 11) is 0. The van der Waals surface area contributed by atoms with Crippen LogP contribution in [-0.4, -0.2) is 4.98 Å². The maximum atomic E-state index is 12.0. The number of nitrogens with one attached hydrogen (secondary N) is 1. The van der Waals surface area contributed by atoms with Crippen molar-refractivity contribution in [1.82, 2.24) is 9.97 Å². The number of hydrogen-bond acceptors (Lipinski definition) is 2. The number of aromatic amines is 1. The molecular weight excluding hydrogens is 394 g/mol. The van der Waals surface area contributed by atoms with Gasteiger partial charge in [0.05, 0.1) is 0 Å². The Morgan fingerprint density at radius 1 is 1.50 bits per heavy atom. The molecule has 0 aliphatic carbocycles. The molecule has 1 heterocycles. The van der Waals surface area contributed by atoms with Crippen LogP contribution in [0.5, 0.6) is 0 Å². The van der Waals surface area contributed by atoms with E-state index in [1.54, 1.807) is 4.98 Å². The fourth-order valence-electron chi connectivity index (χ4n) is 0.363. The van der Waals surface area contributed by atoms with Crippen molar-refractivity contribution in [3.63, 3.8) is 0 Å². The van der Waals surface area contributed by atoms with E-state index in [0.717, 1.165) is 0 Å². The minimum atomic E-state index is -1.05. The summed E-state index contributed by atoms with van der Waals surface area (Å²) < 4.78 is 12.0. The predicted molar refractivity (Wildman–Crippen MR) is 26.6 cm³/mol. The third kappa shape index (κ3) is 1.06. The molecule has 0 aromatic carbocycles. The van der Waals surface area contributed by atoms with Gasteiger partial charge in [-0.25, -0.2) is 4.39 Å². The maximum absolute atomic E-state index is 12.0. The van der Waals surface area contributed by atoms with E-state index in [1.807, 2.05) is 0 Å². The van der Waals surface area contributed by atoms with Gasteiger partial charge in [-0.3, -0.25) is 9.59 Å². The normalized spacial score (nSPS) is 8.50. The number of H-pyrrole nitrogens is 1. The molecule has 0 unspecified atom stereocenters. The third-order valence-corrected chi connectivity index (χ3v) is 0.733. The Morgan fingerprint density at radius 2 is 2.10 bits per heavy atom. The molecule has 0 bridgehead atoms. The molecule has 0 radical (unpaired) electrons. The molecule has 6 heteroatoms. The summed E-state index contributed by atoms with van der Waals surface area (Å²) in [5.41, 5.74) is -1.86. The minimum Gasteiger partial charge on any atom is -0.404 e. The summed E-state index contributed by atoms with van der Waals surface area (Å²) in [5, 5.41) is 0. The molecule has 0 atom stereocenters. The van der Waals surface area contributed by atoms with E-state index in [4.69, 9.17) is 0 Å². The Hall–Kier alpha value is -2.39. The average molecular weight is 396 g/mol. The summed E-state index contributed by atoms with van der Waals surface area (Å²) in [4.78, 5) is 24.9. The van der Waals surface area contributed by atoms with E-state index >= 15 is 0 Å². The van der Waals surface area contributed by atoms with Gasteiger partial charge in [-0.15, -0.1) is 0 Å². The molecule has 10 heavy (non-hydrogen) atoms. The van der Waals surface area contributed by atoms with Gasteiger partial charge in [0.15, 0.2) is 11.5 Å². The summed E-state index contributed by atoms with van der Waals surface area (Å²) in [6, 6.07) is 0. The van der Waals surface area contributed by atoms with Crippen molar-refractivity contribution in [2.45, 2.75) is 0 Å². The Labute approximate surface area is 48.4 Å². The zero-order valence-corrected chi connectivity index (χ0v) is 11.3. The fourth-order valence-corrected chi connectivity index (χ4v) is 0.363. The second-order valence-corrected chi connectivity index (χ2v) is 1.37. The van der Waals surface area contributed by atoms with Gasteiger partial charge in [0.1, 0.15) is 0 Å². The van der Waals surface area contributed by atoms with E-state index in [-0.39, 0.29) is 0 Å². The molecule has 0 saturated heterocycles. The zero-order valence-electron chi connectivity index (χ0n) is 4.93. The second-order valence-electron chi connectivity index (χ2n) is 1.37. The summed E-state index contributed by atoms with van der Waals surface area (Å²) in [5.74, 6) is -1.05. The zero-order chi connectivity index (χ0) is 6.85. The molecule has 0 aliphatic heterocycles. The molecular formula is C4H2FN2O2Rf-. The van der Waals surface area contributed by atoms with Crippen molar-refractivity contribution < 1.29 is 4.39 Å². The van der Waals surface area contributed by atoms with Gasteiger partial charge < -0.3 is 9.97 Å². The van der Waals surface area contributed by atoms with Crippen molar-refractivity contribution >= 4 is 0 Å². The molecule has 0 aliphatic rings. The predicted octanol–water partition coefficient (Wildman–Crippen LogP) is -1.17. The van der Waals surface area contributed by atoms with Crippen LogP contribution in [0.1, 0.15) is 0 Å². The molecule has 1 aromatic heterocycles.